The molecule has 1 aliphatic rings. The van der Waals surface area contributed by atoms with Gasteiger partial charge in [-0.2, -0.15) is 0 Å². The van der Waals surface area contributed by atoms with Gasteiger partial charge in [0.2, 0.25) is 0 Å². The molecule has 0 spiro atoms. The molecule has 134 valence electrons. The molecule has 25 heavy (non-hydrogen) atoms. The normalized spacial score (nSPS) is 15.2. The largest absolute Gasteiger partial charge is 0.379 e. The van der Waals surface area contributed by atoms with E-state index in [2.05, 4.69) is 4.90 Å². The second kappa shape index (κ2) is 9.34. The summed E-state index contributed by atoms with van der Waals surface area (Å²) in [6.07, 6.45) is 0.946. The molecule has 0 radical (unpaired) electrons. The van der Waals surface area contributed by atoms with Crippen LogP contribution in [0.15, 0.2) is 41.8 Å². The third-order valence-electron chi connectivity index (χ3n) is 4.34. The molecule has 1 saturated heterocycles. The Labute approximate surface area is 158 Å². The van der Waals surface area contributed by atoms with Crippen LogP contribution in [0, 0.1) is 0 Å². The number of amides is 1. The lowest BCUT2D eigenvalue weighted by atomic mass is 10.2. The second-order valence-corrected chi connectivity index (χ2v) is 7.46. The third-order valence-corrected chi connectivity index (χ3v) is 5.57. The van der Waals surface area contributed by atoms with Crippen LogP contribution in [-0.4, -0.2) is 55.1 Å². The van der Waals surface area contributed by atoms with Crippen LogP contribution < -0.4 is 0 Å². The van der Waals surface area contributed by atoms with Crippen LogP contribution in [0.1, 0.15) is 21.7 Å². The SMILES string of the molecule is O=C(c1cccs1)N(CCCN1CCOCC1)Cc1ccccc1Cl. The van der Waals surface area contributed by atoms with Crippen LogP contribution in [-0.2, 0) is 11.3 Å². The molecule has 1 aliphatic heterocycles. The number of nitrogens with zero attached hydrogens (tertiary/aromatic N) is 2. The van der Waals surface area contributed by atoms with E-state index in [1.165, 1.54) is 11.3 Å². The van der Waals surface area contributed by atoms with Crippen LogP contribution in [0.5, 0.6) is 0 Å². The Bertz CT molecular complexity index is 672. The predicted molar refractivity (Wildman–Crippen MR) is 102 cm³/mol. The summed E-state index contributed by atoms with van der Waals surface area (Å²) < 4.78 is 5.39. The molecule has 0 aliphatic carbocycles. The van der Waals surface area contributed by atoms with Crippen molar-refractivity contribution < 1.29 is 9.53 Å². The molecule has 1 fully saturated rings. The predicted octanol–water partition coefficient (Wildman–Crippen LogP) is 3.77. The Morgan fingerprint density at radius 3 is 2.72 bits per heavy atom. The molecular formula is C19H23ClN2O2S. The van der Waals surface area contributed by atoms with Crippen molar-refractivity contribution in [2.24, 2.45) is 0 Å². The van der Waals surface area contributed by atoms with Gasteiger partial charge in [0.25, 0.3) is 5.91 Å². The molecule has 2 heterocycles. The highest BCUT2D eigenvalue weighted by Crippen LogP contribution is 2.20. The molecule has 2 aromatic rings. The zero-order chi connectivity index (χ0) is 17.5. The van der Waals surface area contributed by atoms with Gasteiger partial charge in [-0.3, -0.25) is 9.69 Å². The first-order valence-electron chi connectivity index (χ1n) is 8.60. The van der Waals surface area contributed by atoms with Crippen molar-refractivity contribution in [1.82, 2.24) is 9.80 Å². The van der Waals surface area contributed by atoms with E-state index in [9.17, 15) is 4.79 Å². The Morgan fingerprint density at radius 1 is 1.20 bits per heavy atom. The van der Waals surface area contributed by atoms with Crippen LogP contribution in [0.4, 0.5) is 0 Å². The lowest BCUT2D eigenvalue weighted by Crippen LogP contribution is -2.39. The highest BCUT2D eigenvalue weighted by molar-refractivity contribution is 7.12. The maximum Gasteiger partial charge on any atom is 0.264 e. The molecule has 3 rings (SSSR count). The number of morpholine rings is 1. The molecule has 0 atom stereocenters. The summed E-state index contributed by atoms with van der Waals surface area (Å²) in [5, 5.41) is 2.65. The van der Waals surface area contributed by atoms with Gasteiger partial charge in [0, 0.05) is 37.7 Å². The minimum atomic E-state index is 0.0805. The van der Waals surface area contributed by atoms with Crippen molar-refractivity contribution in [3.63, 3.8) is 0 Å². The molecule has 0 N–H and O–H groups in total. The van der Waals surface area contributed by atoms with E-state index in [0.717, 1.165) is 56.3 Å². The Balaban J connectivity index is 1.63. The van der Waals surface area contributed by atoms with E-state index in [1.54, 1.807) is 0 Å². The fourth-order valence-electron chi connectivity index (χ4n) is 2.95. The minimum absolute atomic E-state index is 0.0805. The third kappa shape index (κ3) is 5.28. The number of thiophene rings is 1. The summed E-state index contributed by atoms with van der Waals surface area (Å²) in [6, 6.07) is 11.5. The molecule has 0 saturated carbocycles. The first-order chi connectivity index (χ1) is 12.2. The Morgan fingerprint density at radius 2 is 2.00 bits per heavy atom. The summed E-state index contributed by atoms with van der Waals surface area (Å²) >= 11 is 7.78. The molecule has 0 bridgehead atoms. The Kier molecular flexibility index (Phi) is 6.87. The summed E-state index contributed by atoms with van der Waals surface area (Å²) in [4.78, 5) is 17.9. The highest BCUT2D eigenvalue weighted by atomic mass is 35.5. The van der Waals surface area contributed by atoms with Gasteiger partial charge in [0.15, 0.2) is 0 Å². The van der Waals surface area contributed by atoms with Gasteiger partial charge in [0.1, 0.15) is 0 Å². The molecule has 1 aromatic carbocycles. The first-order valence-corrected chi connectivity index (χ1v) is 9.86. The van der Waals surface area contributed by atoms with E-state index >= 15 is 0 Å². The number of ether oxygens (including phenoxy) is 1. The number of halogens is 1. The zero-order valence-corrected chi connectivity index (χ0v) is 15.8. The number of rotatable bonds is 7. The van der Waals surface area contributed by atoms with E-state index in [0.29, 0.717) is 11.6 Å². The van der Waals surface area contributed by atoms with Crippen molar-refractivity contribution in [3.8, 4) is 0 Å². The lowest BCUT2D eigenvalue weighted by Gasteiger charge is -2.28. The van der Waals surface area contributed by atoms with Gasteiger partial charge in [-0.05, 0) is 29.5 Å². The first kappa shape index (κ1) is 18.4. The van der Waals surface area contributed by atoms with Crippen LogP contribution in [0.3, 0.4) is 0 Å². The van der Waals surface area contributed by atoms with Crippen molar-refractivity contribution in [3.05, 3.63) is 57.2 Å². The van der Waals surface area contributed by atoms with Crippen molar-refractivity contribution >= 4 is 28.8 Å². The van der Waals surface area contributed by atoms with Gasteiger partial charge in [-0.1, -0.05) is 35.9 Å². The Hall–Kier alpha value is -1.40. The lowest BCUT2D eigenvalue weighted by molar-refractivity contribution is 0.0356. The van der Waals surface area contributed by atoms with E-state index in [1.807, 2.05) is 46.7 Å². The van der Waals surface area contributed by atoms with Crippen molar-refractivity contribution in [2.75, 3.05) is 39.4 Å². The van der Waals surface area contributed by atoms with Gasteiger partial charge in [-0.15, -0.1) is 11.3 Å². The molecule has 0 unspecified atom stereocenters. The van der Waals surface area contributed by atoms with Crippen LogP contribution in [0.25, 0.3) is 0 Å². The topological polar surface area (TPSA) is 32.8 Å². The second-order valence-electron chi connectivity index (χ2n) is 6.10. The van der Waals surface area contributed by atoms with Crippen molar-refractivity contribution in [2.45, 2.75) is 13.0 Å². The number of carbonyl (C=O) groups excluding carboxylic acids is 1. The van der Waals surface area contributed by atoms with Gasteiger partial charge in [0.05, 0.1) is 18.1 Å². The van der Waals surface area contributed by atoms with E-state index < -0.39 is 0 Å². The number of benzene rings is 1. The maximum absolute atomic E-state index is 12.9. The van der Waals surface area contributed by atoms with Crippen molar-refractivity contribution in [1.29, 1.82) is 0 Å². The number of carbonyl (C=O) groups is 1. The zero-order valence-electron chi connectivity index (χ0n) is 14.2. The van der Waals surface area contributed by atoms with E-state index in [4.69, 9.17) is 16.3 Å². The summed E-state index contributed by atoms with van der Waals surface area (Å²) in [5.74, 6) is 0.0805. The van der Waals surface area contributed by atoms with Crippen LogP contribution >= 0.6 is 22.9 Å². The van der Waals surface area contributed by atoms with Gasteiger partial charge in [-0.25, -0.2) is 0 Å². The average molecular weight is 379 g/mol. The molecule has 6 heteroatoms. The summed E-state index contributed by atoms with van der Waals surface area (Å²) in [7, 11) is 0. The summed E-state index contributed by atoms with van der Waals surface area (Å²) in [5.41, 5.74) is 0.987. The fourth-order valence-corrected chi connectivity index (χ4v) is 3.84. The summed E-state index contributed by atoms with van der Waals surface area (Å²) in [6.45, 7) is 5.81. The standard InChI is InChI=1S/C19H23ClN2O2S/c20-17-6-2-1-5-16(17)15-22(19(23)18-7-3-14-25-18)9-4-8-21-10-12-24-13-11-21/h1-3,5-7,14H,4,8-13,15H2. The van der Waals surface area contributed by atoms with Gasteiger partial charge >= 0.3 is 0 Å². The minimum Gasteiger partial charge on any atom is -0.379 e. The quantitative estimate of drug-likeness (QED) is 0.735. The molecule has 1 amide bonds. The highest BCUT2D eigenvalue weighted by Gasteiger charge is 2.19. The molecule has 1 aromatic heterocycles. The van der Waals surface area contributed by atoms with Crippen LogP contribution in [0.2, 0.25) is 5.02 Å². The van der Waals surface area contributed by atoms with Gasteiger partial charge < -0.3 is 9.64 Å². The monoisotopic (exact) mass is 378 g/mol. The average Bonchev–Trinajstić information content (AvgIpc) is 3.17. The number of hydrogen-bond donors (Lipinski definition) is 0. The maximum atomic E-state index is 12.9. The molecular weight excluding hydrogens is 356 g/mol. The smallest absolute Gasteiger partial charge is 0.264 e. The fraction of sp³-hybridized carbons (Fsp3) is 0.421. The molecule has 4 nitrogen and oxygen atoms in total. The van der Waals surface area contributed by atoms with E-state index in [-0.39, 0.29) is 5.91 Å². The number of hydrogen-bond acceptors (Lipinski definition) is 4.